The first-order valence-corrected chi connectivity index (χ1v) is 5.74. The Labute approximate surface area is 113 Å². The van der Waals surface area contributed by atoms with Gasteiger partial charge in [0.2, 0.25) is 0 Å². The second-order valence-electron chi connectivity index (χ2n) is 3.80. The molecule has 1 aromatic heterocycles. The summed E-state index contributed by atoms with van der Waals surface area (Å²) in [5.74, 6) is -1.50. The van der Waals surface area contributed by atoms with Crippen molar-refractivity contribution in [1.29, 1.82) is 0 Å². The third-order valence-corrected chi connectivity index (χ3v) is 2.81. The standard InChI is InChI=1S/C13H9ClN2O3/c1-7(17)9-6-15-12(16-11(9)13(18)19)8-4-2-3-5-10(8)14/h2-6H,1H3,(H,18,19). The van der Waals surface area contributed by atoms with Crippen LogP contribution in [-0.2, 0) is 0 Å². The molecule has 2 aromatic rings. The number of hydrogen-bond donors (Lipinski definition) is 1. The monoisotopic (exact) mass is 276 g/mol. The first-order valence-electron chi connectivity index (χ1n) is 5.37. The Morgan fingerprint density at radius 2 is 1.95 bits per heavy atom. The van der Waals surface area contributed by atoms with Crippen LogP contribution in [0.2, 0.25) is 5.02 Å². The van der Waals surface area contributed by atoms with E-state index >= 15 is 0 Å². The lowest BCUT2D eigenvalue weighted by Gasteiger charge is -2.06. The van der Waals surface area contributed by atoms with Crippen LogP contribution in [0.25, 0.3) is 11.4 Å². The zero-order valence-corrected chi connectivity index (χ0v) is 10.7. The first-order chi connectivity index (χ1) is 9.00. The summed E-state index contributed by atoms with van der Waals surface area (Å²) >= 11 is 6.00. The topological polar surface area (TPSA) is 80.2 Å². The van der Waals surface area contributed by atoms with Gasteiger partial charge in [-0.15, -0.1) is 0 Å². The molecule has 0 atom stereocenters. The fourth-order valence-corrected chi connectivity index (χ4v) is 1.80. The van der Waals surface area contributed by atoms with Crippen molar-refractivity contribution in [3.05, 3.63) is 46.7 Å². The molecule has 6 heteroatoms. The van der Waals surface area contributed by atoms with Gasteiger partial charge in [0.15, 0.2) is 17.3 Å². The van der Waals surface area contributed by atoms with Crippen LogP contribution in [0.5, 0.6) is 0 Å². The van der Waals surface area contributed by atoms with E-state index < -0.39 is 11.8 Å². The van der Waals surface area contributed by atoms with Gasteiger partial charge in [-0.3, -0.25) is 4.79 Å². The van der Waals surface area contributed by atoms with E-state index in [9.17, 15) is 9.59 Å². The van der Waals surface area contributed by atoms with Gasteiger partial charge in [0.1, 0.15) is 0 Å². The minimum atomic E-state index is -1.28. The summed E-state index contributed by atoms with van der Waals surface area (Å²) in [5, 5.41) is 9.49. The van der Waals surface area contributed by atoms with Crippen LogP contribution in [0.4, 0.5) is 0 Å². The Bertz CT molecular complexity index is 671. The molecule has 0 unspecified atom stereocenters. The number of carboxylic acid groups (broad SMARTS) is 1. The highest BCUT2D eigenvalue weighted by molar-refractivity contribution is 6.33. The molecule has 0 saturated carbocycles. The van der Waals surface area contributed by atoms with Gasteiger partial charge >= 0.3 is 5.97 Å². The molecule has 96 valence electrons. The highest BCUT2D eigenvalue weighted by atomic mass is 35.5. The molecule has 1 heterocycles. The number of aromatic nitrogens is 2. The predicted octanol–water partition coefficient (Wildman–Crippen LogP) is 2.70. The maximum atomic E-state index is 11.3. The summed E-state index contributed by atoms with van der Waals surface area (Å²) in [6.07, 6.45) is 1.21. The van der Waals surface area contributed by atoms with Gasteiger partial charge in [-0.05, 0) is 19.1 Å². The first kappa shape index (κ1) is 13.2. The molecule has 0 aliphatic heterocycles. The zero-order valence-electron chi connectivity index (χ0n) is 9.92. The quantitative estimate of drug-likeness (QED) is 0.872. The van der Waals surface area contributed by atoms with Crippen molar-refractivity contribution in [2.24, 2.45) is 0 Å². The molecule has 2 rings (SSSR count). The fraction of sp³-hybridized carbons (Fsp3) is 0.0769. The maximum absolute atomic E-state index is 11.3. The van der Waals surface area contributed by atoms with E-state index in [4.69, 9.17) is 16.7 Å². The SMILES string of the molecule is CC(=O)c1cnc(-c2ccccc2Cl)nc1C(=O)O. The minimum absolute atomic E-state index is 0.0247. The number of carboxylic acids is 1. The van der Waals surface area contributed by atoms with Crippen LogP contribution >= 0.6 is 11.6 Å². The molecule has 0 bridgehead atoms. The lowest BCUT2D eigenvalue weighted by molar-refractivity contribution is 0.0685. The summed E-state index contributed by atoms with van der Waals surface area (Å²) in [5.41, 5.74) is 0.169. The predicted molar refractivity (Wildman–Crippen MR) is 69.4 cm³/mol. The smallest absolute Gasteiger partial charge is 0.355 e. The van der Waals surface area contributed by atoms with Crippen molar-refractivity contribution in [3.8, 4) is 11.4 Å². The Morgan fingerprint density at radius 1 is 1.26 bits per heavy atom. The van der Waals surface area contributed by atoms with E-state index in [0.29, 0.717) is 10.6 Å². The molecule has 0 aliphatic rings. The molecule has 0 fully saturated rings. The number of hydrogen-bond acceptors (Lipinski definition) is 4. The number of aromatic carboxylic acids is 1. The van der Waals surface area contributed by atoms with Crippen LogP contribution in [0.3, 0.4) is 0 Å². The van der Waals surface area contributed by atoms with Gasteiger partial charge in [0.05, 0.1) is 10.6 Å². The van der Waals surface area contributed by atoms with Crippen LogP contribution < -0.4 is 0 Å². The van der Waals surface area contributed by atoms with Crippen LogP contribution in [0.1, 0.15) is 27.8 Å². The second-order valence-corrected chi connectivity index (χ2v) is 4.20. The van der Waals surface area contributed by atoms with Gasteiger partial charge in [-0.25, -0.2) is 14.8 Å². The third kappa shape index (κ3) is 2.61. The summed E-state index contributed by atoms with van der Waals surface area (Å²) < 4.78 is 0. The number of halogens is 1. The van der Waals surface area contributed by atoms with Crippen molar-refractivity contribution in [3.63, 3.8) is 0 Å². The van der Waals surface area contributed by atoms with E-state index in [1.54, 1.807) is 24.3 Å². The molecule has 0 saturated heterocycles. The highest BCUT2D eigenvalue weighted by Crippen LogP contribution is 2.25. The van der Waals surface area contributed by atoms with E-state index in [1.807, 2.05) is 0 Å². The van der Waals surface area contributed by atoms with Crippen molar-refractivity contribution in [2.75, 3.05) is 0 Å². The van der Waals surface area contributed by atoms with Gasteiger partial charge < -0.3 is 5.11 Å². The van der Waals surface area contributed by atoms with Crippen molar-refractivity contribution in [2.45, 2.75) is 6.92 Å². The van der Waals surface area contributed by atoms with Crippen LogP contribution in [0, 0.1) is 0 Å². The largest absolute Gasteiger partial charge is 0.476 e. The van der Waals surface area contributed by atoms with E-state index in [2.05, 4.69) is 9.97 Å². The summed E-state index contributed by atoms with van der Waals surface area (Å²) in [7, 11) is 0. The Kier molecular flexibility index (Phi) is 3.57. The van der Waals surface area contributed by atoms with Crippen molar-refractivity contribution < 1.29 is 14.7 Å². The second kappa shape index (κ2) is 5.16. The van der Waals surface area contributed by atoms with Gasteiger partial charge in [0, 0.05) is 11.8 Å². The van der Waals surface area contributed by atoms with Crippen molar-refractivity contribution >= 4 is 23.4 Å². The molecule has 0 aliphatic carbocycles. The molecule has 1 aromatic carbocycles. The molecule has 0 radical (unpaired) electrons. The number of ketones is 1. The van der Waals surface area contributed by atoms with Gasteiger partial charge in [0.25, 0.3) is 0 Å². The number of Topliss-reactive ketones (excluding diaryl/α,β-unsaturated/α-hetero) is 1. The molecule has 19 heavy (non-hydrogen) atoms. The number of carbonyl (C=O) groups is 2. The molecule has 0 amide bonds. The van der Waals surface area contributed by atoms with Gasteiger partial charge in [-0.2, -0.15) is 0 Å². The van der Waals surface area contributed by atoms with E-state index in [-0.39, 0.29) is 17.1 Å². The third-order valence-electron chi connectivity index (χ3n) is 2.49. The number of rotatable bonds is 3. The lowest BCUT2D eigenvalue weighted by Crippen LogP contribution is -2.11. The Morgan fingerprint density at radius 3 is 2.53 bits per heavy atom. The highest BCUT2D eigenvalue weighted by Gasteiger charge is 2.18. The average Bonchev–Trinajstić information content (AvgIpc) is 2.38. The van der Waals surface area contributed by atoms with E-state index in [0.717, 1.165) is 0 Å². The molecule has 0 spiro atoms. The molecule has 5 nitrogen and oxygen atoms in total. The normalized spacial score (nSPS) is 10.2. The zero-order chi connectivity index (χ0) is 14.0. The molecule has 1 N–H and O–H groups in total. The number of carbonyl (C=O) groups excluding carboxylic acids is 1. The maximum Gasteiger partial charge on any atom is 0.355 e. The average molecular weight is 277 g/mol. The van der Waals surface area contributed by atoms with Crippen LogP contribution in [-0.4, -0.2) is 26.8 Å². The number of benzene rings is 1. The molecular weight excluding hydrogens is 268 g/mol. The number of nitrogens with zero attached hydrogens (tertiary/aromatic N) is 2. The summed E-state index contributed by atoms with van der Waals surface area (Å²) in [6.45, 7) is 1.26. The van der Waals surface area contributed by atoms with Crippen molar-refractivity contribution in [1.82, 2.24) is 9.97 Å². The summed E-state index contributed by atoms with van der Waals surface area (Å²) in [4.78, 5) is 30.3. The Hall–Kier alpha value is -2.27. The Balaban J connectivity index is 2.62. The fourth-order valence-electron chi connectivity index (χ4n) is 1.57. The summed E-state index contributed by atoms with van der Waals surface area (Å²) in [6, 6.07) is 6.81. The van der Waals surface area contributed by atoms with E-state index in [1.165, 1.54) is 13.1 Å². The minimum Gasteiger partial charge on any atom is -0.476 e. The van der Waals surface area contributed by atoms with Crippen LogP contribution in [0.15, 0.2) is 30.5 Å². The lowest BCUT2D eigenvalue weighted by atomic mass is 10.1. The molecular formula is C13H9ClN2O3. The van der Waals surface area contributed by atoms with Gasteiger partial charge in [-0.1, -0.05) is 23.7 Å².